The Labute approximate surface area is 97.7 Å². The maximum absolute atomic E-state index is 10.7. The summed E-state index contributed by atoms with van der Waals surface area (Å²) in [6, 6.07) is 7.40. The molecule has 0 radical (unpaired) electrons. The number of aromatic carboxylic acids is 1. The van der Waals surface area contributed by atoms with Crippen molar-refractivity contribution in [3.8, 4) is 11.6 Å². The van der Waals surface area contributed by atoms with E-state index in [1.807, 2.05) is 25.1 Å². The van der Waals surface area contributed by atoms with Crippen molar-refractivity contribution in [1.29, 1.82) is 0 Å². The van der Waals surface area contributed by atoms with Crippen molar-refractivity contribution in [2.45, 2.75) is 6.92 Å². The maximum atomic E-state index is 10.7. The number of rotatable bonds is 3. The number of carboxylic acids is 1. The van der Waals surface area contributed by atoms with Crippen molar-refractivity contribution < 1.29 is 14.6 Å². The van der Waals surface area contributed by atoms with Crippen molar-refractivity contribution in [2.75, 3.05) is 0 Å². The van der Waals surface area contributed by atoms with Crippen molar-refractivity contribution in [2.24, 2.45) is 0 Å². The minimum absolute atomic E-state index is 0.143. The van der Waals surface area contributed by atoms with Crippen LogP contribution in [-0.2, 0) is 0 Å². The van der Waals surface area contributed by atoms with Gasteiger partial charge >= 0.3 is 5.97 Å². The van der Waals surface area contributed by atoms with Gasteiger partial charge in [-0.05, 0) is 18.6 Å². The van der Waals surface area contributed by atoms with Gasteiger partial charge in [0.1, 0.15) is 5.75 Å². The summed E-state index contributed by atoms with van der Waals surface area (Å²) >= 11 is 0. The Balaban J connectivity index is 2.28. The molecule has 86 valence electrons. The molecule has 0 saturated heterocycles. The molecule has 0 aliphatic rings. The molecule has 0 amide bonds. The lowest BCUT2D eigenvalue weighted by molar-refractivity contribution is 0.0689. The highest BCUT2D eigenvalue weighted by Gasteiger charge is 2.08. The van der Waals surface area contributed by atoms with E-state index in [2.05, 4.69) is 9.97 Å². The summed E-state index contributed by atoms with van der Waals surface area (Å²) in [5.41, 5.74) is 0.797. The second kappa shape index (κ2) is 4.61. The molecule has 0 bridgehead atoms. The molecule has 0 spiro atoms. The van der Waals surface area contributed by atoms with E-state index in [9.17, 15) is 4.79 Å². The Kier molecular flexibility index (Phi) is 3.00. The molecular weight excluding hydrogens is 220 g/mol. The Hall–Kier alpha value is -2.43. The first-order chi connectivity index (χ1) is 8.16. The highest BCUT2D eigenvalue weighted by atomic mass is 16.5. The first-order valence-corrected chi connectivity index (χ1v) is 4.95. The van der Waals surface area contributed by atoms with Gasteiger partial charge in [-0.3, -0.25) is 4.98 Å². The summed E-state index contributed by atoms with van der Waals surface area (Å²) in [4.78, 5) is 18.3. The Morgan fingerprint density at radius 1 is 1.29 bits per heavy atom. The minimum atomic E-state index is -1.13. The lowest BCUT2D eigenvalue weighted by atomic mass is 10.2. The third-order valence-corrected chi connectivity index (χ3v) is 2.14. The van der Waals surface area contributed by atoms with E-state index in [-0.39, 0.29) is 11.6 Å². The van der Waals surface area contributed by atoms with Crippen molar-refractivity contribution in [3.05, 3.63) is 47.9 Å². The van der Waals surface area contributed by atoms with Crippen LogP contribution in [0.25, 0.3) is 0 Å². The fourth-order valence-corrected chi connectivity index (χ4v) is 1.28. The van der Waals surface area contributed by atoms with Crippen LogP contribution in [0.15, 0.2) is 36.7 Å². The van der Waals surface area contributed by atoms with Crippen molar-refractivity contribution in [1.82, 2.24) is 9.97 Å². The largest absolute Gasteiger partial charge is 0.476 e. The predicted molar refractivity (Wildman–Crippen MR) is 60.2 cm³/mol. The maximum Gasteiger partial charge on any atom is 0.356 e. The van der Waals surface area contributed by atoms with Gasteiger partial charge in [-0.25, -0.2) is 9.78 Å². The Morgan fingerprint density at radius 2 is 2.06 bits per heavy atom. The molecule has 0 saturated carbocycles. The molecular formula is C12H10N2O3. The highest BCUT2D eigenvalue weighted by Crippen LogP contribution is 2.22. The van der Waals surface area contributed by atoms with E-state index in [1.54, 1.807) is 6.07 Å². The lowest BCUT2D eigenvalue weighted by Gasteiger charge is -2.06. The number of aryl methyl sites for hydroxylation is 1. The number of para-hydroxylation sites is 1. The van der Waals surface area contributed by atoms with Crippen LogP contribution in [-0.4, -0.2) is 21.0 Å². The van der Waals surface area contributed by atoms with Crippen LogP contribution < -0.4 is 4.74 Å². The first-order valence-electron chi connectivity index (χ1n) is 4.95. The predicted octanol–water partition coefficient (Wildman–Crippen LogP) is 2.28. The van der Waals surface area contributed by atoms with E-state index in [0.717, 1.165) is 5.56 Å². The molecule has 17 heavy (non-hydrogen) atoms. The highest BCUT2D eigenvalue weighted by molar-refractivity contribution is 5.84. The van der Waals surface area contributed by atoms with E-state index in [0.29, 0.717) is 5.75 Å². The van der Waals surface area contributed by atoms with Crippen LogP contribution in [0.3, 0.4) is 0 Å². The van der Waals surface area contributed by atoms with Crippen LogP contribution in [0.5, 0.6) is 11.6 Å². The van der Waals surface area contributed by atoms with E-state index < -0.39 is 5.97 Å². The molecule has 5 heteroatoms. The van der Waals surface area contributed by atoms with Gasteiger partial charge in [-0.2, -0.15) is 0 Å². The normalized spacial score (nSPS) is 9.94. The smallest absolute Gasteiger partial charge is 0.356 e. The second-order valence-electron chi connectivity index (χ2n) is 3.42. The van der Waals surface area contributed by atoms with Gasteiger partial charge in [0.2, 0.25) is 5.88 Å². The summed E-state index contributed by atoms with van der Waals surface area (Å²) < 4.78 is 5.46. The summed E-state index contributed by atoms with van der Waals surface area (Å²) in [5.74, 6) is -0.337. The SMILES string of the molecule is Cc1ccccc1Oc1cncc(C(=O)O)n1. The number of carboxylic acid groups (broad SMARTS) is 1. The molecule has 1 aromatic carbocycles. The summed E-state index contributed by atoms with van der Waals surface area (Å²) in [7, 11) is 0. The fraction of sp³-hybridized carbons (Fsp3) is 0.0833. The van der Waals surface area contributed by atoms with Gasteiger partial charge in [0.25, 0.3) is 0 Å². The zero-order valence-corrected chi connectivity index (χ0v) is 9.12. The molecule has 0 aliphatic heterocycles. The quantitative estimate of drug-likeness (QED) is 0.875. The Bertz CT molecular complexity index is 555. The van der Waals surface area contributed by atoms with Gasteiger partial charge < -0.3 is 9.84 Å². The number of hydrogen-bond donors (Lipinski definition) is 1. The molecule has 0 aliphatic carbocycles. The number of hydrogen-bond acceptors (Lipinski definition) is 4. The van der Waals surface area contributed by atoms with Crippen LogP contribution in [0.4, 0.5) is 0 Å². The van der Waals surface area contributed by atoms with Crippen LogP contribution in [0, 0.1) is 6.92 Å². The van der Waals surface area contributed by atoms with Gasteiger partial charge in [-0.1, -0.05) is 18.2 Å². The number of benzene rings is 1. The zero-order chi connectivity index (χ0) is 12.3. The standard InChI is InChI=1S/C12H10N2O3/c1-8-4-2-3-5-10(8)17-11-7-13-6-9(14-11)12(15)16/h2-7H,1H3,(H,15,16). The fourth-order valence-electron chi connectivity index (χ4n) is 1.28. The molecule has 1 aromatic heterocycles. The average Bonchev–Trinajstić information content (AvgIpc) is 2.32. The first kappa shape index (κ1) is 11.1. The van der Waals surface area contributed by atoms with Crippen molar-refractivity contribution >= 4 is 5.97 Å². The number of nitrogens with zero attached hydrogens (tertiary/aromatic N) is 2. The molecule has 2 rings (SSSR count). The number of aromatic nitrogens is 2. The zero-order valence-electron chi connectivity index (χ0n) is 9.12. The molecule has 5 nitrogen and oxygen atoms in total. The number of carbonyl (C=O) groups is 1. The van der Waals surface area contributed by atoms with Gasteiger partial charge in [0, 0.05) is 0 Å². The third kappa shape index (κ3) is 2.57. The minimum Gasteiger partial charge on any atom is -0.476 e. The molecule has 1 N–H and O–H groups in total. The summed E-state index contributed by atoms with van der Waals surface area (Å²) in [5, 5.41) is 8.77. The van der Waals surface area contributed by atoms with Crippen LogP contribution in [0.2, 0.25) is 0 Å². The molecule has 0 atom stereocenters. The Morgan fingerprint density at radius 3 is 2.76 bits per heavy atom. The average molecular weight is 230 g/mol. The van der Waals surface area contributed by atoms with Crippen LogP contribution >= 0.6 is 0 Å². The van der Waals surface area contributed by atoms with Crippen LogP contribution in [0.1, 0.15) is 16.1 Å². The van der Waals surface area contributed by atoms with E-state index in [4.69, 9.17) is 9.84 Å². The van der Waals surface area contributed by atoms with Crippen molar-refractivity contribution in [3.63, 3.8) is 0 Å². The van der Waals surface area contributed by atoms with E-state index in [1.165, 1.54) is 12.4 Å². The lowest BCUT2D eigenvalue weighted by Crippen LogP contribution is -2.02. The molecule has 2 aromatic rings. The van der Waals surface area contributed by atoms with Gasteiger partial charge in [0.05, 0.1) is 12.4 Å². The monoisotopic (exact) mass is 230 g/mol. The van der Waals surface area contributed by atoms with E-state index >= 15 is 0 Å². The third-order valence-electron chi connectivity index (χ3n) is 2.14. The number of ether oxygens (including phenoxy) is 1. The summed E-state index contributed by atoms with van der Waals surface area (Å²) in [6.07, 6.45) is 2.55. The molecule has 0 unspecified atom stereocenters. The topological polar surface area (TPSA) is 72.3 Å². The summed E-state index contributed by atoms with van der Waals surface area (Å²) in [6.45, 7) is 1.89. The second-order valence-corrected chi connectivity index (χ2v) is 3.42. The molecule has 1 heterocycles. The molecule has 0 fully saturated rings. The van der Waals surface area contributed by atoms with Gasteiger partial charge in [-0.15, -0.1) is 0 Å². The van der Waals surface area contributed by atoms with Gasteiger partial charge in [0.15, 0.2) is 5.69 Å².